The number of rotatable bonds is 10. The largest absolute Gasteiger partial charge is 0.494 e. The van der Waals surface area contributed by atoms with E-state index in [1.165, 1.54) is 13.2 Å². The Balaban J connectivity index is 0.00000450. The number of halogens is 2. The van der Waals surface area contributed by atoms with Gasteiger partial charge in [0, 0.05) is 33.7 Å². The highest BCUT2D eigenvalue weighted by Crippen LogP contribution is 2.21. The molecule has 0 saturated carbocycles. The first-order valence-electron chi connectivity index (χ1n) is 9.58. The maximum absolute atomic E-state index is 14.0. The Hall–Kier alpha value is -2.07. The van der Waals surface area contributed by atoms with Gasteiger partial charge in [-0.3, -0.25) is 4.99 Å². The fourth-order valence-electron chi connectivity index (χ4n) is 2.76. The molecule has 2 aromatic rings. The molecule has 0 radical (unpaired) electrons. The standard InChI is InChI=1S/C22H30FN3O3.HI/c1-16(18-9-10-21(28-4)20(23)14-18)26-22(24-2)25-15-17-7-5-8-19(13-17)29-12-6-11-27-3;/h5,7-10,13-14,16H,6,11-12,15H2,1-4H3,(H2,24,25,26);1H. The molecule has 0 aliphatic heterocycles. The lowest BCUT2D eigenvalue weighted by molar-refractivity contribution is 0.172. The van der Waals surface area contributed by atoms with Crippen molar-refractivity contribution in [2.45, 2.75) is 25.9 Å². The molecule has 0 bridgehead atoms. The van der Waals surface area contributed by atoms with Crippen LogP contribution in [-0.4, -0.2) is 40.4 Å². The van der Waals surface area contributed by atoms with E-state index in [9.17, 15) is 4.39 Å². The Kier molecular flexibility index (Phi) is 12.1. The van der Waals surface area contributed by atoms with E-state index in [1.807, 2.05) is 37.3 Å². The molecule has 1 unspecified atom stereocenters. The summed E-state index contributed by atoms with van der Waals surface area (Å²) in [6.07, 6.45) is 0.847. The number of methoxy groups -OCH3 is 2. The third kappa shape index (κ3) is 8.35. The van der Waals surface area contributed by atoms with E-state index < -0.39 is 0 Å². The van der Waals surface area contributed by atoms with Crippen LogP contribution in [0, 0.1) is 5.82 Å². The zero-order chi connectivity index (χ0) is 21.1. The van der Waals surface area contributed by atoms with Gasteiger partial charge in [-0.25, -0.2) is 4.39 Å². The van der Waals surface area contributed by atoms with Gasteiger partial charge in [0.1, 0.15) is 5.75 Å². The summed E-state index contributed by atoms with van der Waals surface area (Å²) in [6, 6.07) is 12.7. The van der Waals surface area contributed by atoms with Crippen LogP contribution in [0.15, 0.2) is 47.5 Å². The molecule has 0 aromatic heterocycles. The van der Waals surface area contributed by atoms with Crippen LogP contribution in [0.5, 0.6) is 11.5 Å². The normalized spacial score (nSPS) is 12.0. The van der Waals surface area contributed by atoms with E-state index in [2.05, 4.69) is 15.6 Å². The van der Waals surface area contributed by atoms with Gasteiger partial charge < -0.3 is 24.8 Å². The molecule has 0 aliphatic rings. The Morgan fingerprint density at radius 2 is 1.93 bits per heavy atom. The first-order valence-corrected chi connectivity index (χ1v) is 9.58. The van der Waals surface area contributed by atoms with Crippen molar-refractivity contribution in [1.82, 2.24) is 10.6 Å². The fraction of sp³-hybridized carbons (Fsp3) is 0.409. The molecule has 2 N–H and O–H groups in total. The van der Waals surface area contributed by atoms with Crippen molar-refractivity contribution in [1.29, 1.82) is 0 Å². The number of hydrogen-bond acceptors (Lipinski definition) is 4. The number of aliphatic imine (C=N–C) groups is 1. The summed E-state index contributed by atoms with van der Waals surface area (Å²) < 4.78 is 29.7. The first-order chi connectivity index (χ1) is 14.1. The third-order valence-corrected chi connectivity index (χ3v) is 4.37. The Morgan fingerprint density at radius 1 is 1.13 bits per heavy atom. The van der Waals surface area contributed by atoms with E-state index in [0.29, 0.717) is 25.7 Å². The van der Waals surface area contributed by atoms with Gasteiger partial charge in [-0.15, -0.1) is 24.0 Å². The van der Waals surface area contributed by atoms with Crippen LogP contribution in [0.2, 0.25) is 0 Å². The SMILES string of the molecule is CN=C(NCc1cccc(OCCCOC)c1)NC(C)c1ccc(OC)c(F)c1.I. The molecule has 2 aromatic carbocycles. The van der Waals surface area contributed by atoms with Crippen LogP contribution in [-0.2, 0) is 11.3 Å². The van der Waals surface area contributed by atoms with Crippen LogP contribution in [0.1, 0.15) is 30.5 Å². The average molecular weight is 531 g/mol. The molecule has 0 amide bonds. The molecule has 0 heterocycles. The molecular formula is C22H31FIN3O3. The Labute approximate surface area is 195 Å². The Morgan fingerprint density at radius 3 is 2.60 bits per heavy atom. The summed E-state index contributed by atoms with van der Waals surface area (Å²) in [5.41, 5.74) is 1.87. The molecule has 0 aliphatic carbocycles. The van der Waals surface area contributed by atoms with Gasteiger partial charge in [-0.2, -0.15) is 0 Å². The van der Waals surface area contributed by atoms with Gasteiger partial charge in [0.15, 0.2) is 17.5 Å². The van der Waals surface area contributed by atoms with E-state index >= 15 is 0 Å². The van der Waals surface area contributed by atoms with Crippen LogP contribution >= 0.6 is 24.0 Å². The minimum atomic E-state index is -0.385. The van der Waals surface area contributed by atoms with E-state index in [4.69, 9.17) is 14.2 Å². The maximum Gasteiger partial charge on any atom is 0.191 e. The topological polar surface area (TPSA) is 64.1 Å². The lowest BCUT2D eigenvalue weighted by Crippen LogP contribution is -2.38. The summed E-state index contributed by atoms with van der Waals surface area (Å²) in [6.45, 7) is 3.82. The number of nitrogens with one attached hydrogen (secondary N) is 2. The monoisotopic (exact) mass is 531 g/mol. The van der Waals surface area contributed by atoms with Crippen molar-refractivity contribution in [3.05, 3.63) is 59.4 Å². The number of hydrogen-bond donors (Lipinski definition) is 2. The molecule has 8 heteroatoms. The van der Waals surface area contributed by atoms with Gasteiger partial charge >= 0.3 is 0 Å². The molecule has 6 nitrogen and oxygen atoms in total. The molecular weight excluding hydrogens is 500 g/mol. The smallest absolute Gasteiger partial charge is 0.191 e. The molecule has 0 saturated heterocycles. The summed E-state index contributed by atoms with van der Waals surface area (Å²) in [7, 11) is 4.83. The zero-order valence-corrected chi connectivity index (χ0v) is 20.2. The van der Waals surface area contributed by atoms with Crippen molar-refractivity contribution in [3.8, 4) is 11.5 Å². The third-order valence-electron chi connectivity index (χ3n) is 4.37. The minimum absolute atomic E-state index is 0. The summed E-state index contributed by atoms with van der Waals surface area (Å²) >= 11 is 0. The van der Waals surface area contributed by atoms with E-state index in [-0.39, 0.29) is 41.6 Å². The molecule has 30 heavy (non-hydrogen) atoms. The van der Waals surface area contributed by atoms with Crippen LogP contribution in [0.3, 0.4) is 0 Å². The highest BCUT2D eigenvalue weighted by Gasteiger charge is 2.11. The molecule has 166 valence electrons. The lowest BCUT2D eigenvalue weighted by Gasteiger charge is -2.19. The summed E-state index contributed by atoms with van der Waals surface area (Å²) in [4.78, 5) is 4.25. The summed E-state index contributed by atoms with van der Waals surface area (Å²) in [5, 5.41) is 6.54. The van der Waals surface area contributed by atoms with Crippen molar-refractivity contribution < 1.29 is 18.6 Å². The second-order valence-electron chi connectivity index (χ2n) is 6.53. The second kappa shape index (κ2) is 14.0. The maximum atomic E-state index is 14.0. The van der Waals surface area contributed by atoms with Gasteiger partial charge in [0.2, 0.25) is 0 Å². The van der Waals surface area contributed by atoms with Crippen LogP contribution in [0.4, 0.5) is 4.39 Å². The van der Waals surface area contributed by atoms with Gasteiger partial charge in [0.25, 0.3) is 0 Å². The number of benzene rings is 2. The van der Waals surface area contributed by atoms with Gasteiger partial charge in [-0.05, 0) is 42.3 Å². The van der Waals surface area contributed by atoms with Crippen molar-refractivity contribution >= 4 is 29.9 Å². The first kappa shape index (κ1) is 26.0. The van der Waals surface area contributed by atoms with E-state index in [1.54, 1.807) is 20.2 Å². The van der Waals surface area contributed by atoms with Gasteiger partial charge in [-0.1, -0.05) is 18.2 Å². The predicted octanol–water partition coefficient (Wildman–Crippen LogP) is 4.29. The fourth-order valence-corrected chi connectivity index (χ4v) is 2.76. The highest BCUT2D eigenvalue weighted by molar-refractivity contribution is 14.0. The number of ether oxygens (including phenoxy) is 3. The number of nitrogens with zero attached hydrogens (tertiary/aromatic N) is 1. The summed E-state index contributed by atoms with van der Waals surface area (Å²) in [5.74, 6) is 1.29. The molecule has 2 rings (SSSR count). The van der Waals surface area contributed by atoms with E-state index in [0.717, 1.165) is 23.3 Å². The minimum Gasteiger partial charge on any atom is -0.494 e. The molecule has 0 spiro atoms. The quantitative estimate of drug-likeness (QED) is 0.207. The molecule has 0 fully saturated rings. The number of guanidine groups is 1. The Bertz CT molecular complexity index is 805. The average Bonchev–Trinajstić information content (AvgIpc) is 2.74. The van der Waals surface area contributed by atoms with Crippen molar-refractivity contribution in [2.24, 2.45) is 4.99 Å². The predicted molar refractivity (Wildman–Crippen MR) is 129 cm³/mol. The highest BCUT2D eigenvalue weighted by atomic mass is 127. The zero-order valence-electron chi connectivity index (χ0n) is 17.9. The van der Waals surface area contributed by atoms with Crippen LogP contribution in [0.25, 0.3) is 0 Å². The molecule has 1 atom stereocenters. The van der Waals surface area contributed by atoms with Crippen molar-refractivity contribution in [2.75, 3.05) is 34.5 Å². The van der Waals surface area contributed by atoms with Gasteiger partial charge in [0.05, 0.1) is 19.8 Å². The van der Waals surface area contributed by atoms with Crippen LogP contribution < -0.4 is 20.1 Å². The lowest BCUT2D eigenvalue weighted by atomic mass is 10.1. The second-order valence-corrected chi connectivity index (χ2v) is 6.53. The van der Waals surface area contributed by atoms with Crippen molar-refractivity contribution in [3.63, 3.8) is 0 Å².